The molecule has 0 atom stereocenters. The number of rotatable bonds is 8. The molecule has 2 fully saturated rings. The highest BCUT2D eigenvalue weighted by Crippen LogP contribution is 2.35. The van der Waals surface area contributed by atoms with E-state index >= 15 is 0 Å². The predicted octanol–water partition coefficient (Wildman–Crippen LogP) is 1.17. The molecule has 0 spiro atoms. The fourth-order valence-corrected chi connectivity index (χ4v) is 4.20. The lowest BCUT2D eigenvalue weighted by molar-refractivity contribution is -0.137. The lowest BCUT2D eigenvalue weighted by atomic mass is 10.1. The van der Waals surface area contributed by atoms with Crippen molar-refractivity contribution in [3.63, 3.8) is 0 Å². The summed E-state index contributed by atoms with van der Waals surface area (Å²) in [4.78, 5) is 34.7. The molecule has 2 aromatic rings. The molecule has 4 heterocycles. The lowest BCUT2D eigenvalue weighted by Crippen LogP contribution is -2.47. The maximum absolute atomic E-state index is 13.5. The van der Waals surface area contributed by atoms with Gasteiger partial charge in [0.25, 0.3) is 0 Å². The third-order valence-electron chi connectivity index (χ3n) is 6.30. The molecule has 0 unspecified atom stereocenters. The van der Waals surface area contributed by atoms with Crippen LogP contribution in [0.1, 0.15) is 24.8 Å². The van der Waals surface area contributed by atoms with Gasteiger partial charge in [0.1, 0.15) is 5.82 Å². The molecule has 0 radical (unpaired) electrons. The molecule has 12 nitrogen and oxygen atoms in total. The molecule has 2 aliphatic heterocycles. The number of anilines is 3. The van der Waals surface area contributed by atoms with E-state index in [1.54, 1.807) is 5.48 Å². The summed E-state index contributed by atoms with van der Waals surface area (Å²) in [6.07, 6.45) is -1.67. The van der Waals surface area contributed by atoms with Crippen LogP contribution in [0, 0.1) is 0 Å². The van der Waals surface area contributed by atoms with E-state index in [1.807, 2.05) is 9.80 Å². The molecule has 1 amide bonds. The summed E-state index contributed by atoms with van der Waals surface area (Å²) in [5.41, 5.74) is 6.17. The Morgan fingerprint density at radius 1 is 1.03 bits per heavy atom. The molecule has 2 saturated heterocycles. The zero-order valence-electron chi connectivity index (χ0n) is 20.2. The topological polar surface area (TPSA) is 146 Å². The first-order chi connectivity index (χ1) is 17.7. The second kappa shape index (κ2) is 11.8. The Bertz CT molecular complexity index is 1080. The van der Waals surface area contributed by atoms with Gasteiger partial charge in [0, 0.05) is 57.4 Å². The largest absolute Gasteiger partial charge is 0.419 e. The SMILES string of the molecule is Nc1ncc(-c2nc(N3CCOCC3)nc(N3CCN(CCCCC(=O)NO)CC3)n2)cc1C(F)(F)F. The number of hydrogen-bond acceptors (Lipinski definition) is 11. The number of unbranched alkanes of at least 4 members (excludes halogenated alkanes) is 1. The summed E-state index contributed by atoms with van der Waals surface area (Å²) in [7, 11) is 0. The number of halogens is 3. The number of amides is 1. The smallest absolute Gasteiger partial charge is 0.383 e. The number of aromatic nitrogens is 4. The first-order valence-electron chi connectivity index (χ1n) is 12.1. The maximum atomic E-state index is 13.5. The van der Waals surface area contributed by atoms with E-state index in [0.717, 1.165) is 32.1 Å². The van der Waals surface area contributed by atoms with Crippen LogP contribution in [-0.2, 0) is 15.7 Å². The maximum Gasteiger partial charge on any atom is 0.419 e. The standard InChI is InChI=1S/C22H30F3N9O3/c23-22(24,25)16-13-15(14-27-18(16)26)19-28-20(30-21(29-19)34-9-11-37-12-10-34)33-7-5-32(6-8-33)4-2-1-3-17(35)31-36/h13-14,36H,1-12H2,(H2,26,27)(H,31,35). The Hall–Kier alpha value is -3.30. The van der Waals surface area contributed by atoms with Crippen molar-refractivity contribution in [1.29, 1.82) is 0 Å². The fourth-order valence-electron chi connectivity index (χ4n) is 4.20. The molecule has 15 heteroatoms. The second-order valence-electron chi connectivity index (χ2n) is 8.83. The molecule has 0 aromatic carbocycles. The lowest BCUT2D eigenvalue weighted by Gasteiger charge is -2.35. The third kappa shape index (κ3) is 6.93. The number of hydroxylamine groups is 1. The summed E-state index contributed by atoms with van der Waals surface area (Å²) in [6.45, 7) is 5.63. The number of pyridine rings is 1. The van der Waals surface area contributed by atoms with E-state index in [0.29, 0.717) is 57.7 Å². The number of carbonyl (C=O) groups is 1. The van der Waals surface area contributed by atoms with Gasteiger partial charge in [-0.05, 0) is 25.5 Å². The number of hydrogen-bond donors (Lipinski definition) is 3. The van der Waals surface area contributed by atoms with Crippen molar-refractivity contribution >= 4 is 23.6 Å². The molecular weight excluding hydrogens is 495 g/mol. The average Bonchev–Trinajstić information content (AvgIpc) is 2.91. The normalized spacial score (nSPS) is 17.2. The van der Waals surface area contributed by atoms with Gasteiger partial charge >= 0.3 is 6.18 Å². The van der Waals surface area contributed by atoms with E-state index in [-0.39, 0.29) is 17.8 Å². The summed E-state index contributed by atoms with van der Waals surface area (Å²) in [6, 6.07) is 0.916. The summed E-state index contributed by atoms with van der Waals surface area (Å²) in [5, 5.41) is 8.58. The van der Waals surface area contributed by atoms with Gasteiger partial charge in [0.05, 0.1) is 18.8 Å². The second-order valence-corrected chi connectivity index (χ2v) is 8.83. The number of alkyl halides is 3. The van der Waals surface area contributed by atoms with Crippen LogP contribution in [0.3, 0.4) is 0 Å². The van der Waals surface area contributed by atoms with Crippen LogP contribution in [0.4, 0.5) is 30.9 Å². The van der Waals surface area contributed by atoms with Gasteiger partial charge in [-0.15, -0.1) is 0 Å². The van der Waals surface area contributed by atoms with Gasteiger partial charge in [-0.2, -0.15) is 28.1 Å². The highest BCUT2D eigenvalue weighted by Gasteiger charge is 2.34. The van der Waals surface area contributed by atoms with E-state index in [4.69, 9.17) is 15.7 Å². The monoisotopic (exact) mass is 525 g/mol. The van der Waals surface area contributed by atoms with Gasteiger partial charge in [-0.25, -0.2) is 10.5 Å². The molecule has 0 bridgehead atoms. The van der Waals surface area contributed by atoms with Crippen molar-refractivity contribution in [1.82, 2.24) is 30.3 Å². The number of piperazine rings is 1. The third-order valence-corrected chi connectivity index (χ3v) is 6.30. The van der Waals surface area contributed by atoms with Gasteiger partial charge in [0.2, 0.25) is 17.8 Å². The van der Waals surface area contributed by atoms with E-state index in [9.17, 15) is 18.0 Å². The molecule has 0 aliphatic carbocycles. The molecular formula is C22H30F3N9O3. The van der Waals surface area contributed by atoms with Crippen molar-refractivity contribution in [3.05, 3.63) is 17.8 Å². The van der Waals surface area contributed by atoms with Crippen LogP contribution >= 0.6 is 0 Å². The van der Waals surface area contributed by atoms with Crippen LogP contribution < -0.4 is 21.0 Å². The molecule has 2 aromatic heterocycles. The van der Waals surface area contributed by atoms with Crippen molar-refractivity contribution < 1.29 is 27.9 Å². The van der Waals surface area contributed by atoms with Gasteiger partial charge < -0.3 is 20.3 Å². The number of carbonyl (C=O) groups excluding carboxylic acids is 1. The number of nitrogens with two attached hydrogens (primary N) is 1. The Kier molecular flexibility index (Phi) is 8.56. The van der Waals surface area contributed by atoms with Crippen molar-refractivity contribution in [2.75, 3.05) is 74.6 Å². The van der Waals surface area contributed by atoms with Crippen LogP contribution in [0.25, 0.3) is 11.4 Å². The van der Waals surface area contributed by atoms with Crippen molar-refractivity contribution in [2.24, 2.45) is 0 Å². The number of morpholine rings is 1. The fraction of sp³-hybridized carbons (Fsp3) is 0.591. The van der Waals surface area contributed by atoms with E-state index in [1.165, 1.54) is 6.20 Å². The van der Waals surface area contributed by atoms with E-state index < -0.39 is 23.5 Å². The van der Waals surface area contributed by atoms with Crippen molar-refractivity contribution in [3.8, 4) is 11.4 Å². The first kappa shape index (κ1) is 26.8. The van der Waals surface area contributed by atoms with Crippen LogP contribution in [-0.4, -0.2) is 95.0 Å². The number of nitrogen functional groups attached to an aromatic ring is 1. The average molecular weight is 526 g/mol. The highest BCUT2D eigenvalue weighted by atomic mass is 19.4. The minimum absolute atomic E-state index is 0.0917. The Morgan fingerprint density at radius 3 is 2.30 bits per heavy atom. The summed E-state index contributed by atoms with van der Waals surface area (Å²) < 4.78 is 45.8. The quantitative estimate of drug-likeness (QED) is 0.259. The first-order valence-corrected chi connectivity index (χ1v) is 12.1. The summed E-state index contributed by atoms with van der Waals surface area (Å²) >= 11 is 0. The highest BCUT2D eigenvalue weighted by molar-refractivity contribution is 5.74. The number of nitrogens with one attached hydrogen (secondary N) is 1. The Morgan fingerprint density at radius 2 is 1.68 bits per heavy atom. The van der Waals surface area contributed by atoms with Gasteiger partial charge in [0.15, 0.2) is 5.82 Å². The zero-order chi connectivity index (χ0) is 26.4. The molecule has 4 N–H and O–H groups in total. The predicted molar refractivity (Wildman–Crippen MR) is 128 cm³/mol. The summed E-state index contributed by atoms with van der Waals surface area (Å²) in [5.74, 6) is -0.152. The van der Waals surface area contributed by atoms with Crippen LogP contribution in [0.15, 0.2) is 12.3 Å². The molecule has 202 valence electrons. The number of nitrogens with zero attached hydrogens (tertiary/aromatic N) is 7. The van der Waals surface area contributed by atoms with Crippen LogP contribution in [0.2, 0.25) is 0 Å². The molecule has 2 aliphatic rings. The Labute approximate surface area is 211 Å². The number of ether oxygens (including phenoxy) is 1. The van der Waals surface area contributed by atoms with Gasteiger partial charge in [-0.3, -0.25) is 14.9 Å². The molecule has 4 rings (SSSR count). The Balaban J connectivity index is 1.52. The molecule has 0 saturated carbocycles. The zero-order valence-corrected chi connectivity index (χ0v) is 20.2. The van der Waals surface area contributed by atoms with Crippen molar-refractivity contribution in [2.45, 2.75) is 25.4 Å². The minimum atomic E-state index is -4.66. The minimum Gasteiger partial charge on any atom is -0.383 e. The molecule has 37 heavy (non-hydrogen) atoms. The van der Waals surface area contributed by atoms with Crippen LogP contribution in [0.5, 0.6) is 0 Å². The van der Waals surface area contributed by atoms with Gasteiger partial charge in [-0.1, -0.05) is 0 Å². The van der Waals surface area contributed by atoms with E-state index in [2.05, 4.69) is 24.8 Å².